The van der Waals surface area contributed by atoms with Gasteiger partial charge in [-0.25, -0.2) is 0 Å². The van der Waals surface area contributed by atoms with Crippen molar-refractivity contribution in [2.24, 2.45) is 0 Å². The molecule has 1 saturated heterocycles. The predicted molar refractivity (Wildman–Crippen MR) is 95.5 cm³/mol. The summed E-state index contributed by atoms with van der Waals surface area (Å²) in [5, 5.41) is 20.7. The fraction of sp³-hybridized carbons (Fsp3) is 0.333. The second kappa shape index (κ2) is 7.40. The quantitative estimate of drug-likeness (QED) is 0.767. The van der Waals surface area contributed by atoms with Crippen LogP contribution in [0.5, 0.6) is 0 Å². The predicted octanol–water partition coefficient (Wildman–Crippen LogP) is 1.82. The highest BCUT2D eigenvalue weighted by Crippen LogP contribution is 2.17. The van der Waals surface area contributed by atoms with Crippen molar-refractivity contribution >= 4 is 5.82 Å². The zero-order valence-electron chi connectivity index (χ0n) is 14.0. The molecule has 128 valence electrons. The Morgan fingerprint density at radius 1 is 1.12 bits per heavy atom. The molecule has 1 aliphatic heterocycles. The molecule has 0 radical (unpaired) electrons. The van der Waals surface area contributed by atoms with Gasteiger partial charge in [0.2, 0.25) is 0 Å². The standard InChI is InChI=1S/C18H21N7/c1-2-7-17(8-3-1)25-21-13-16(23-25)12-19-15-6-5-11-24(14-15)18-9-4-10-20-22-18/h1-4,7-10,13,15,19H,5-6,11-12,14H2/t15-/m0/s1. The molecule has 1 fully saturated rings. The smallest absolute Gasteiger partial charge is 0.151 e. The second-order valence-corrected chi connectivity index (χ2v) is 6.21. The van der Waals surface area contributed by atoms with Crippen LogP contribution < -0.4 is 10.2 Å². The molecule has 0 amide bonds. The van der Waals surface area contributed by atoms with E-state index in [1.807, 2.05) is 48.7 Å². The highest BCUT2D eigenvalue weighted by Gasteiger charge is 2.20. The number of nitrogens with one attached hydrogen (secondary N) is 1. The second-order valence-electron chi connectivity index (χ2n) is 6.21. The van der Waals surface area contributed by atoms with Crippen molar-refractivity contribution < 1.29 is 0 Å². The van der Waals surface area contributed by atoms with Gasteiger partial charge in [0.25, 0.3) is 0 Å². The van der Waals surface area contributed by atoms with Crippen LogP contribution in [0.3, 0.4) is 0 Å². The van der Waals surface area contributed by atoms with Crippen LogP contribution in [0, 0.1) is 0 Å². The van der Waals surface area contributed by atoms with Crippen molar-refractivity contribution in [3.05, 3.63) is 60.6 Å². The highest BCUT2D eigenvalue weighted by atomic mass is 15.5. The lowest BCUT2D eigenvalue weighted by Crippen LogP contribution is -2.45. The van der Waals surface area contributed by atoms with Crippen molar-refractivity contribution in [2.75, 3.05) is 18.0 Å². The number of hydrogen-bond donors (Lipinski definition) is 1. The summed E-state index contributed by atoms with van der Waals surface area (Å²) in [7, 11) is 0. The molecule has 4 rings (SSSR count). The molecule has 7 nitrogen and oxygen atoms in total. The highest BCUT2D eigenvalue weighted by molar-refractivity contribution is 5.37. The maximum Gasteiger partial charge on any atom is 0.151 e. The third-order valence-corrected chi connectivity index (χ3v) is 4.40. The zero-order chi connectivity index (χ0) is 16.9. The summed E-state index contributed by atoms with van der Waals surface area (Å²) in [5.41, 5.74) is 1.92. The van der Waals surface area contributed by atoms with E-state index in [0.717, 1.165) is 43.1 Å². The average molecular weight is 335 g/mol. The van der Waals surface area contributed by atoms with E-state index in [9.17, 15) is 0 Å². The molecule has 1 N–H and O–H groups in total. The Morgan fingerprint density at radius 2 is 2.04 bits per heavy atom. The maximum absolute atomic E-state index is 4.55. The van der Waals surface area contributed by atoms with E-state index in [1.54, 1.807) is 11.0 Å². The fourth-order valence-corrected chi connectivity index (χ4v) is 3.12. The van der Waals surface area contributed by atoms with Gasteiger partial charge in [-0.2, -0.15) is 20.1 Å². The Balaban J connectivity index is 1.35. The van der Waals surface area contributed by atoms with Gasteiger partial charge in [0.05, 0.1) is 17.6 Å². The maximum atomic E-state index is 4.55. The van der Waals surface area contributed by atoms with Crippen molar-refractivity contribution in [3.8, 4) is 5.69 Å². The summed E-state index contributed by atoms with van der Waals surface area (Å²) in [4.78, 5) is 3.96. The average Bonchev–Trinajstić information content (AvgIpc) is 3.17. The number of rotatable bonds is 5. The van der Waals surface area contributed by atoms with Gasteiger partial charge in [-0.1, -0.05) is 18.2 Å². The van der Waals surface area contributed by atoms with Crippen LogP contribution >= 0.6 is 0 Å². The summed E-state index contributed by atoms with van der Waals surface area (Å²) >= 11 is 0. The molecule has 2 aromatic heterocycles. The van der Waals surface area contributed by atoms with Crippen LogP contribution in [0.4, 0.5) is 5.82 Å². The van der Waals surface area contributed by atoms with Gasteiger partial charge in [-0.3, -0.25) is 0 Å². The molecule has 0 saturated carbocycles. The number of piperidine rings is 1. The molecule has 0 unspecified atom stereocenters. The number of nitrogens with zero attached hydrogens (tertiary/aromatic N) is 6. The van der Waals surface area contributed by atoms with Gasteiger partial charge in [-0.05, 0) is 37.1 Å². The monoisotopic (exact) mass is 335 g/mol. The first kappa shape index (κ1) is 15.7. The normalized spacial score (nSPS) is 17.6. The molecule has 0 bridgehead atoms. The minimum absolute atomic E-state index is 0.414. The van der Waals surface area contributed by atoms with E-state index >= 15 is 0 Å². The van der Waals surface area contributed by atoms with Crippen molar-refractivity contribution in [2.45, 2.75) is 25.4 Å². The Morgan fingerprint density at radius 3 is 2.88 bits per heavy atom. The molecule has 25 heavy (non-hydrogen) atoms. The van der Waals surface area contributed by atoms with Crippen LogP contribution in [0.15, 0.2) is 54.9 Å². The van der Waals surface area contributed by atoms with Gasteiger partial charge in [0.1, 0.15) is 0 Å². The lowest BCUT2D eigenvalue weighted by molar-refractivity contribution is 0.417. The van der Waals surface area contributed by atoms with Gasteiger partial charge >= 0.3 is 0 Å². The lowest BCUT2D eigenvalue weighted by atomic mass is 10.1. The summed E-state index contributed by atoms with van der Waals surface area (Å²) in [6, 6.07) is 14.3. The van der Waals surface area contributed by atoms with Gasteiger partial charge in [0.15, 0.2) is 5.82 Å². The molecule has 1 aromatic carbocycles. The van der Waals surface area contributed by atoms with E-state index < -0.39 is 0 Å². The van der Waals surface area contributed by atoms with Crippen LogP contribution in [-0.2, 0) is 6.54 Å². The lowest BCUT2D eigenvalue weighted by Gasteiger charge is -2.33. The Labute approximate surface area is 146 Å². The minimum Gasteiger partial charge on any atom is -0.354 e. The molecular formula is C18H21N7. The first-order valence-electron chi connectivity index (χ1n) is 8.61. The SMILES string of the molecule is c1ccc(-n2ncc(CN[C@H]3CCCN(c4cccnn4)C3)n2)cc1. The first-order chi connectivity index (χ1) is 12.4. The Bertz CT molecular complexity index is 787. The van der Waals surface area contributed by atoms with Crippen molar-refractivity contribution in [1.29, 1.82) is 0 Å². The summed E-state index contributed by atoms with van der Waals surface area (Å²) in [5.74, 6) is 0.948. The van der Waals surface area contributed by atoms with Crippen molar-refractivity contribution in [1.82, 2.24) is 30.5 Å². The molecular weight excluding hydrogens is 314 g/mol. The first-order valence-corrected chi connectivity index (χ1v) is 8.61. The largest absolute Gasteiger partial charge is 0.354 e. The van der Waals surface area contributed by atoms with E-state index in [2.05, 4.69) is 30.6 Å². The van der Waals surface area contributed by atoms with E-state index in [0.29, 0.717) is 12.6 Å². The molecule has 3 aromatic rings. The fourth-order valence-electron chi connectivity index (χ4n) is 3.12. The van der Waals surface area contributed by atoms with Crippen LogP contribution in [0.1, 0.15) is 18.5 Å². The minimum atomic E-state index is 0.414. The Hall–Kier alpha value is -2.80. The molecule has 7 heteroatoms. The summed E-state index contributed by atoms with van der Waals surface area (Å²) in [6.45, 7) is 2.68. The van der Waals surface area contributed by atoms with Gasteiger partial charge < -0.3 is 10.2 Å². The van der Waals surface area contributed by atoms with Gasteiger partial charge in [-0.15, -0.1) is 5.10 Å². The van der Waals surface area contributed by atoms with E-state index in [1.165, 1.54) is 0 Å². The number of aromatic nitrogens is 5. The molecule has 0 spiro atoms. The topological polar surface area (TPSA) is 71.8 Å². The third-order valence-electron chi connectivity index (χ3n) is 4.40. The van der Waals surface area contributed by atoms with Crippen LogP contribution in [0.25, 0.3) is 5.69 Å². The van der Waals surface area contributed by atoms with Crippen molar-refractivity contribution in [3.63, 3.8) is 0 Å². The van der Waals surface area contributed by atoms with Crippen LogP contribution in [0.2, 0.25) is 0 Å². The van der Waals surface area contributed by atoms with E-state index in [4.69, 9.17) is 0 Å². The molecule has 1 aliphatic rings. The number of hydrogen-bond acceptors (Lipinski definition) is 6. The zero-order valence-corrected chi connectivity index (χ0v) is 14.0. The summed E-state index contributed by atoms with van der Waals surface area (Å²) < 4.78 is 0. The number of para-hydroxylation sites is 1. The molecule has 0 aliphatic carbocycles. The Kier molecular flexibility index (Phi) is 4.65. The number of anilines is 1. The van der Waals surface area contributed by atoms with Crippen LogP contribution in [-0.4, -0.2) is 44.3 Å². The molecule has 1 atom stereocenters. The number of benzene rings is 1. The molecule has 3 heterocycles. The third kappa shape index (κ3) is 3.83. The van der Waals surface area contributed by atoms with Gasteiger partial charge in [0, 0.05) is 31.9 Å². The van der Waals surface area contributed by atoms with E-state index in [-0.39, 0.29) is 0 Å². The summed E-state index contributed by atoms with van der Waals surface area (Å²) in [6.07, 6.45) is 5.83.